The fourth-order valence-electron chi connectivity index (χ4n) is 2.89. The van der Waals surface area contributed by atoms with Gasteiger partial charge in [0.15, 0.2) is 0 Å². The van der Waals surface area contributed by atoms with Gasteiger partial charge in [0.1, 0.15) is 5.01 Å². The summed E-state index contributed by atoms with van der Waals surface area (Å²) in [6.07, 6.45) is 0. The van der Waals surface area contributed by atoms with E-state index in [1.165, 1.54) is 0 Å². The zero-order chi connectivity index (χ0) is 19.3. The minimum Gasteiger partial charge on any atom is -0.308 e. The third kappa shape index (κ3) is 4.27. The van der Waals surface area contributed by atoms with Crippen molar-refractivity contribution in [2.24, 2.45) is 0 Å². The first-order valence-corrected chi connectivity index (χ1v) is 9.81. The molecule has 0 radical (unpaired) electrons. The Labute approximate surface area is 167 Å². The molecule has 2 amide bonds. The smallest absolute Gasteiger partial charge is 0.308 e. The van der Waals surface area contributed by atoms with E-state index in [1.807, 2.05) is 79.0 Å². The average molecular weight is 385 g/mol. The van der Waals surface area contributed by atoms with Gasteiger partial charge in [-0.15, -0.1) is 11.3 Å². The number of hydrogen-bond acceptors (Lipinski definition) is 3. The molecule has 1 heterocycles. The number of aromatic nitrogens is 1. The number of hydrogen-bond donors (Lipinski definition) is 2. The van der Waals surface area contributed by atoms with Gasteiger partial charge < -0.3 is 10.6 Å². The Morgan fingerprint density at radius 2 is 1.50 bits per heavy atom. The van der Waals surface area contributed by atoms with E-state index in [2.05, 4.69) is 22.8 Å². The molecule has 138 valence electrons. The molecule has 0 saturated heterocycles. The van der Waals surface area contributed by atoms with Crippen molar-refractivity contribution in [3.05, 3.63) is 89.8 Å². The predicted octanol–water partition coefficient (Wildman–Crippen LogP) is 6.43. The summed E-state index contributed by atoms with van der Waals surface area (Å²) in [5.74, 6) is 0. The van der Waals surface area contributed by atoms with E-state index in [0.29, 0.717) is 0 Å². The van der Waals surface area contributed by atoms with Crippen molar-refractivity contribution in [2.45, 2.75) is 6.92 Å². The number of carbonyl (C=O) groups is 1. The Hall–Kier alpha value is -3.44. The van der Waals surface area contributed by atoms with Crippen LogP contribution in [-0.4, -0.2) is 11.0 Å². The lowest BCUT2D eigenvalue weighted by molar-refractivity contribution is 0.262. The van der Waals surface area contributed by atoms with Crippen LogP contribution in [0, 0.1) is 6.92 Å². The summed E-state index contributed by atoms with van der Waals surface area (Å²) in [6.45, 7) is 1.99. The Morgan fingerprint density at radius 1 is 0.821 bits per heavy atom. The molecule has 0 bridgehead atoms. The van der Waals surface area contributed by atoms with Crippen LogP contribution in [0.4, 0.5) is 16.2 Å². The predicted molar refractivity (Wildman–Crippen MR) is 117 cm³/mol. The van der Waals surface area contributed by atoms with Crippen LogP contribution in [0.5, 0.6) is 0 Å². The van der Waals surface area contributed by atoms with Crippen molar-refractivity contribution >= 4 is 28.7 Å². The molecular weight excluding hydrogens is 366 g/mol. The van der Waals surface area contributed by atoms with Gasteiger partial charge in [-0.05, 0) is 36.8 Å². The Balaban J connectivity index is 1.49. The van der Waals surface area contributed by atoms with Gasteiger partial charge in [0, 0.05) is 27.9 Å². The monoisotopic (exact) mass is 385 g/mol. The molecule has 0 aliphatic rings. The SMILES string of the molecule is Cc1cccc(NC(=O)Nc2cccc(-c3csc(-c4ccccc4)n3)c2)c1. The van der Waals surface area contributed by atoms with Crippen LogP contribution in [0.2, 0.25) is 0 Å². The molecule has 2 N–H and O–H groups in total. The lowest BCUT2D eigenvalue weighted by Gasteiger charge is -2.09. The lowest BCUT2D eigenvalue weighted by Crippen LogP contribution is -2.19. The van der Waals surface area contributed by atoms with E-state index >= 15 is 0 Å². The van der Waals surface area contributed by atoms with Crippen LogP contribution in [0.25, 0.3) is 21.8 Å². The lowest BCUT2D eigenvalue weighted by atomic mass is 10.1. The van der Waals surface area contributed by atoms with Gasteiger partial charge in [-0.1, -0.05) is 54.6 Å². The summed E-state index contributed by atoms with van der Waals surface area (Å²) >= 11 is 1.61. The van der Waals surface area contributed by atoms with Crippen molar-refractivity contribution in [3.8, 4) is 21.8 Å². The maximum absolute atomic E-state index is 12.3. The van der Waals surface area contributed by atoms with Crippen LogP contribution >= 0.6 is 11.3 Å². The molecule has 28 heavy (non-hydrogen) atoms. The first kappa shape index (κ1) is 17.9. The number of thiazole rings is 1. The van der Waals surface area contributed by atoms with Gasteiger partial charge in [-0.25, -0.2) is 9.78 Å². The quantitative estimate of drug-likeness (QED) is 0.425. The summed E-state index contributed by atoms with van der Waals surface area (Å²) in [7, 11) is 0. The number of benzene rings is 3. The molecule has 0 unspecified atom stereocenters. The maximum Gasteiger partial charge on any atom is 0.323 e. The first-order chi connectivity index (χ1) is 13.7. The number of urea groups is 1. The fraction of sp³-hybridized carbons (Fsp3) is 0.0435. The van der Waals surface area contributed by atoms with E-state index < -0.39 is 0 Å². The van der Waals surface area contributed by atoms with Crippen LogP contribution in [0.3, 0.4) is 0 Å². The van der Waals surface area contributed by atoms with Gasteiger partial charge in [-0.3, -0.25) is 0 Å². The van der Waals surface area contributed by atoms with Crippen molar-refractivity contribution < 1.29 is 4.79 Å². The second-order valence-electron chi connectivity index (χ2n) is 6.43. The molecule has 4 aromatic rings. The molecule has 0 aliphatic heterocycles. The van der Waals surface area contributed by atoms with Crippen LogP contribution in [0.15, 0.2) is 84.2 Å². The van der Waals surface area contributed by atoms with Crippen LogP contribution in [-0.2, 0) is 0 Å². The van der Waals surface area contributed by atoms with E-state index in [0.717, 1.165) is 38.8 Å². The number of carbonyl (C=O) groups excluding carboxylic acids is 1. The molecule has 0 aliphatic carbocycles. The van der Waals surface area contributed by atoms with E-state index in [1.54, 1.807) is 11.3 Å². The number of aryl methyl sites for hydroxylation is 1. The zero-order valence-corrected chi connectivity index (χ0v) is 16.2. The average Bonchev–Trinajstić information content (AvgIpc) is 3.19. The minimum atomic E-state index is -0.272. The second-order valence-corrected chi connectivity index (χ2v) is 7.29. The molecule has 1 aromatic heterocycles. The van der Waals surface area contributed by atoms with Gasteiger partial charge in [0.05, 0.1) is 5.69 Å². The van der Waals surface area contributed by atoms with Crippen molar-refractivity contribution in [2.75, 3.05) is 10.6 Å². The number of amides is 2. The normalized spacial score (nSPS) is 10.5. The van der Waals surface area contributed by atoms with Crippen molar-refractivity contribution in [1.82, 2.24) is 4.98 Å². The molecule has 0 fully saturated rings. The standard InChI is InChI=1S/C23H19N3OS/c1-16-7-5-11-19(13-16)24-23(27)25-20-12-6-10-18(14-20)21-15-28-22(26-21)17-8-3-2-4-9-17/h2-15H,1H3,(H2,24,25,27). The number of nitrogens with one attached hydrogen (secondary N) is 2. The third-order valence-electron chi connectivity index (χ3n) is 4.22. The van der Waals surface area contributed by atoms with Gasteiger partial charge in [0.2, 0.25) is 0 Å². The van der Waals surface area contributed by atoms with Gasteiger partial charge in [0.25, 0.3) is 0 Å². The highest BCUT2D eigenvalue weighted by Crippen LogP contribution is 2.29. The fourth-order valence-corrected chi connectivity index (χ4v) is 3.73. The van der Waals surface area contributed by atoms with Crippen LogP contribution < -0.4 is 10.6 Å². The molecule has 0 atom stereocenters. The summed E-state index contributed by atoms with van der Waals surface area (Å²) in [5, 5.41) is 8.75. The number of nitrogens with zero attached hydrogens (tertiary/aromatic N) is 1. The Morgan fingerprint density at radius 3 is 2.25 bits per heavy atom. The summed E-state index contributed by atoms with van der Waals surface area (Å²) in [6, 6.07) is 25.2. The maximum atomic E-state index is 12.3. The molecule has 4 rings (SSSR count). The summed E-state index contributed by atoms with van der Waals surface area (Å²) in [5.41, 5.74) is 5.54. The molecule has 4 nitrogen and oxygen atoms in total. The van der Waals surface area contributed by atoms with E-state index in [4.69, 9.17) is 4.98 Å². The van der Waals surface area contributed by atoms with E-state index in [-0.39, 0.29) is 6.03 Å². The molecule has 0 saturated carbocycles. The highest BCUT2D eigenvalue weighted by Gasteiger charge is 2.08. The highest BCUT2D eigenvalue weighted by molar-refractivity contribution is 7.13. The third-order valence-corrected chi connectivity index (χ3v) is 5.11. The van der Waals surface area contributed by atoms with E-state index in [9.17, 15) is 4.79 Å². The topological polar surface area (TPSA) is 54.0 Å². The summed E-state index contributed by atoms with van der Waals surface area (Å²) < 4.78 is 0. The molecule has 5 heteroatoms. The second kappa shape index (κ2) is 8.06. The molecule has 0 spiro atoms. The van der Waals surface area contributed by atoms with Gasteiger partial charge >= 0.3 is 6.03 Å². The summed E-state index contributed by atoms with van der Waals surface area (Å²) in [4.78, 5) is 17.0. The van der Waals surface area contributed by atoms with Crippen molar-refractivity contribution in [3.63, 3.8) is 0 Å². The minimum absolute atomic E-state index is 0.272. The molecular formula is C23H19N3OS. The largest absolute Gasteiger partial charge is 0.323 e. The molecule has 3 aromatic carbocycles. The van der Waals surface area contributed by atoms with Crippen LogP contribution in [0.1, 0.15) is 5.56 Å². The zero-order valence-electron chi connectivity index (χ0n) is 15.3. The highest BCUT2D eigenvalue weighted by atomic mass is 32.1. The first-order valence-electron chi connectivity index (χ1n) is 8.93. The Bertz CT molecular complexity index is 1110. The number of anilines is 2. The number of rotatable bonds is 4. The van der Waals surface area contributed by atoms with Crippen molar-refractivity contribution in [1.29, 1.82) is 0 Å². The van der Waals surface area contributed by atoms with Gasteiger partial charge in [-0.2, -0.15) is 0 Å². The Kier molecular flexibility index (Phi) is 5.17.